The number of ketones is 1. The van der Waals surface area contributed by atoms with Crippen LogP contribution >= 0.6 is 0 Å². The van der Waals surface area contributed by atoms with E-state index in [0.717, 1.165) is 24.1 Å². The van der Waals surface area contributed by atoms with Crippen molar-refractivity contribution in [2.24, 2.45) is 0 Å². The van der Waals surface area contributed by atoms with Crippen LogP contribution in [-0.2, 0) is 15.1 Å². The fourth-order valence-electron chi connectivity index (χ4n) is 3.90. The Balaban J connectivity index is 1.74. The lowest BCUT2D eigenvalue weighted by Gasteiger charge is -2.36. The molecule has 0 radical (unpaired) electrons. The molecule has 142 valence electrons. The molecule has 0 amide bonds. The Labute approximate surface area is 161 Å². The highest BCUT2D eigenvalue weighted by Gasteiger charge is 2.49. The van der Waals surface area contributed by atoms with Crippen LogP contribution in [0.15, 0.2) is 60.7 Å². The van der Waals surface area contributed by atoms with Gasteiger partial charge in [0.05, 0.1) is 6.04 Å². The third-order valence-corrected chi connectivity index (χ3v) is 5.56. The third-order valence-electron chi connectivity index (χ3n) is 5.56. The number of esters is 1. The first-order valence-electron chi connectivity index (χ1n) is 9.66. The maximum absolute atomic E-state index is 12.5. The van der Waals surface area contributed by atoms with Gasteiger partial charge in [0.25, 0.3) is 0 Å². The van der Waals surface area contributed by atoms with Gasteiger partial charge in [0.2, 0.25) is 0 Å². The standard InChI is InChI=1S/C23H27NO3/c1-3-22(26)27-23(20-12-8-5-9-13-20)15-17-24(18(23)2)16-14-21(25)19-10-6-4-7-11-19/h4-13,18H,3,14-17H2,1-2H3. The maximum Gasteiger partial charge on any atom is 0.306 e. The first-order valence-corrected chi connectivity index (χ1v) is 9.66. The number of carbonyl (C=O) groups is 2. The van der Waals surface area contributed by atoms with Gasteiger partial charge < -0.3 is 4.74 Å². The first-order chi connectivity index (χ1) is 13.1. The van der Waals surface area contributed by atoms with Gasteiger partial charge in [-0.3, -0.25) is 14.5 Å². The van der Waals surface area contributed by atoms with Crippen LogP contribution in [-0.4, -0.2) is 35.8 Å². The molecule has 0 aliphatic carbocycles. The molecule has 0 aromatic heterocycles. The number of hydrogen-bond acceptors (Lipinski definition) is 4. The second-order valence-electron chi connectivity index (χ2n) is 7.08. The second-order valence-corrected chi connectivity index (χ2v) is 7.08. The van der Waals surface area contributed by atoms with Gasteiger partial charge in [-0.15, -0.1) is 0 Å². The molecule has 2 unspecified atom stereocenters. The van der Waals surface area contributed by atoms with E-state index in [9.17, 15) is 9.59 Å². The average molecular weight is 365 g/mol. The van der Waals surface area contributed by atoms with E-state index in [1.54, 1.807) is 0 Å². The topological polar surface area (TPSA) is 46.6 Å². The van der Waals surface area contributed by atoms with Crippen LogP contribution in [0.4, 0.5) is 0 Å². The molecule has 0 spiro atoms. The molecule has 1 aliphatic rings. The van der Waals surface area contributed by atoms with Crippen molar-refractivity contribution in [2.45, 2.75) is 44.8 Å². The number of Topliss-reactive ketones (excluding diaryl/α,β-unsaturated/α-hetero) is 1. The number of ether oxygens (including phenoxy) is 1. The highest BCUT2D eigenvalue weighted by Crippen LogP contribution is 2.41. The van der Waals surface area contributed by atoms with Gasteiger partial charge in [-0.1, -0.05) is 67.6 Å². The van der Waals surface area contributed by atoms with E-state index in [-0.39, 0.29) is 17.8 Å². The van der Waals surface area contributed by atoms with Crippen LogP contribution in [0.1, 0.15) is 49.0 Å². The zero-order valence-electron chi connectivity index (χ0n) is 16.1. The molecule has 3 rings (SSSR count). The van der Waals surface area contributed by atoms with Crippen LogP contribution in [0.5, 0.6) is 0 Å². The molecule has 2 aromatic rings. The highest BCUT2D eigenvalue weighted by atomic mass is 16.6. The van der Waals surface area contributed by atoms with Gasteiger partial charge in [0, 0.05) is 37.9 Å². The average Bonchev–Trinajstić information content (AvgIpc) is 3.03. The summed E-state index contributed by atoms with van der Waals surface area (Å²) >= 11 is 0. The molecule has 1 heterocycles. The lowest BCUT2D eigenvalue weighted by Crippen LogP contribution is -2.44. The summed E-state index contributed by atoms with van der Waals surface area (Å²) < 4.78 is 6.00. The van der Waals surface area contributed by atoms with E-state index in [0.29, 0.717) is 19.4 Å². The zero-order valence-corrected chi connectivity index (χ0v) is 16.1. The van der Waals surface area contributed by atoms with Crippen LogP contribution < -0.4 is 0 Å². The van der Waals surface area contributed by atoms with Gasteiger partial charge in [0.15, 0.2) is 11.4 Å². The molecule has 1 fully saturated rings. The van der Waals surface area contributed by atoms with E-state index in [4.69, 9.17) is 4.74 Å². The quantitative estimate of drug-likeness (QED) is 0.545. The number of hydrogen-bond donors (Lipinski definition) is 0. The van der Waals surface area contributed by atoms with Crippen LogP contribution in [0, 0.1) is 0 Å². The predicted molar refractivity (Wildman–Crippen MR) is 106 cm³/mol. The fourth-order valence-corrected chi connectivity index (χ4v) is 3.90. The summed E-state index contributed by atoms with van der Waals surface area (Å²) in [6.07, 6.45) is 1.55. The summed E-state index contributed by atoms with van der Waals surface area (Å²) in [5.41, 5.74) is 1.12. The van der Waals surface area contributed by atoms with Gasteiger partial charge >= 0.3 is 5.97 Å². The van der Waals surface area contributed by atoms with Crippen LogP contribution in [0.25, 0.3) is 0 Å². The van der Waals surface area contributed by atoms with Crippen molar-refractivity contribution >= 4 is 11.8 Å². The van der Waals surface area contributed by atoms with Gasteiger partial charge in [0.1, 0.15) is 0 Å². The Kier molecular flexibility index (Phi) is 6.07. The molecular formula is C23H27NO3. The van der Waals surface area contributed by atoms with E-state index in [2.05, 4.69) is 11.8 Å². The van der Waals surface area contributed by atoms with Crippen molar-refractivity contribution in [3.8, 4) is 0 Å². The van der Waals surface area contributed by atoms with Gasteiger partial charge in [-0.25, -0.2) is 0 Å². The summed E-state index contributed by atoms with van der Waals surface area (Å²) in [4.78, 5) is 26.9. The van der Waals surface area contributed by atoms with Crippen molar-refractivity contribution in [1.29, 1.82) is 0 Å². The normalized spacial score (nSPS) is 22.5. The molecule has 0 N–H and O–H groups in total. The van der Waals surface area contributed by atoms with Crippen LogP contribution in [0.3, 0.4) is 0 Å². The van der Waals surface area contributed by atoms with E-state index in [1.165, 1.54) is 0 Å². The molecule has 2 atom stereocenters. The zero-order chi connectivity index (χ0) is 19.3. The van der Waals surface area contributed by atoms with Crippen molar-refractivity contribution in [2.75, 3.05) is 13.1 Å². The molecule has 0 saturated carbocycles. The lowest BCUT2D eigenvalue weighted by atomic mass is 9.86. The minimum absolute atomic E-state index is 0.0129. The molecule has 1 saturated heterocycles. The molecule has 4 nitrogen and oxygen atoms in total. The fraction of sp³-hybridized carbons (Fsp3) is 0.391. The Hall–Kier alpha value is -2.46. The van der Waals surface area contributed by atoms with Crippen molar-refractivity contribution in [1.82, 2.24) is 4.90 Å². The Morgan fingerprint density at radius 1 is 1.07 bits per heavy atom. The monoisotopic (exact) mass is 365 g/mol. The Morgan fingerprint density at radius 2 is 1.70 bits per heavy atom. The van der Waals surface area contributed by atoms with Crippen LogP contribution in [0.2, 0.25) is 0 Å². The largest absolute Gasteiger partial charge is 0.452 e. The predicted octanol–water partition coefficient (Wildman–Crippen LogP) is 4.20. The Morgan fingerprint density at radius 3 is 2.33 bits per heavy atom. The minimum atomic E-state index is -0.649. The lowest BCUT2D eigenvalue weighted by molar-refractivity contribution is -0.163. The summed E-state index contributed by atoms with van der Waals surface area (Å²) in [6.45, 7) is 5.37. The van der Waals surface area contributed by atoms with E-state index >= 15 is 0 Å². The minimum Gasteiger partial charge on any atom is -0.452 e. The van der Waals surface area contributed by atoms with E-state index in [1.807, 2.05) is 67.6 Å². The van der Waals surface area contributed by atoms with Crippen molar-refractivity contribution in [3.63, 3.8) is 0 Å². The molecule has 27 heavy (non-hydrogen) atoms. The SMILES string of the molecule is CCC(=O)OC1(c2ccccc2)CCN(CCC(=O)c2ccccc2)C1C. The highest BCUT2D eigenvalue weighted by molar-refractivity contribution is 5.96. The molecule has 4 heteroatoms. The number of carbonyl (C=O) groups excluding carboxylic acids is 2. The smallest absolute Gasteiger partial charge is 0.306 e. The van der Waals surface area contributed by atoms with Gasteiger partial charge in [-0.05, 0) is 12.5 Å². The van der Waals surface area contributed by atoms with Crippen molar-refractivity contribution in [3.05, 3.63) is 71.8 Å². The molecule has 2 aromatic carbocycles. The van der Waals surface area contributed by atoms with Crippen molar-refractivity contribution < 1.29 is 14.3 Å². The summed E-state index contributed by atoms with van der Waals surface area (Å²) in [5.74, 6) is -0.0431. The summed E-state index contributed by atoms with van der Waals surface area (Å²) in [7, 11) is 0. The Bertz CT molecular complexity index is 775. The molecule has 0 bridgehead atoms. The number of likely N-dealkylation sites (tertiary alicyclic amines) is 1. The number of benzene rings is 2. The van der Waals surface area contributed by atoms with E-state index < -0.39 is 5.60 Å². The molecule has 1 aliphatic heterocycles. The second kappa shape index (κ2) is 8.49. The first kappa shape index (κ1) is 19.3. The summed E-state index contributed by atoms with van der Waals surface area (Å²) in [6, 6.07) is 19.4. The third kappa shape index (κ3) is 4.11. The maximum atomic E-state index is 12.5. The summed E-state index contributed by atoms with van der Waals surface area (Å²) in [5, 5.41) is 0. The van der Waals surface area contributed by atoms with Gasteiger partial charge in [-0.2, -0.15) is 0 Å². The number of nitrogens with zero attached hydrogens (tertiary/aromatic N) is 1. The molecular weight excluding hydrogens is 338 g/mol. The number of rotatable bonds is 7.